The third kappa shape index (κ3) is 4.35. The Morgan fingerprint density at radius 1 is 0.750 bits per heavy atom. The number of ether oxygens (including phenoxy) is 1. The van der Waals surface area contributed by atoms with Crippen molar-refractivity contribution in [1.82, 2.24) is 19.9 Å². The molecule has 0 bridgehead atoms. The lowest BCUT2D eigenvalue weighted by molar-refractivity contribution is 0.311. The Bertz CT molecular complexity index is 1400. The van der Waals surface area contributed by atoms with Crippen molar-refractivity contribution in [3.63, 3.8) is 0 Å². The zero-order chi connectivity index (χ0) is 24.6. The van der Waals surface area contributed by atoms with E-state index >= 15 is 0 Å². The van der Waals surface area contributed by atoms with Gasteiger partial charge in [0.1, 0.15) is 11.6 Å². The smallest absolute Gasteiger partial charge is 0.227 e. The van der Waals surface area contributed by atoms with Gasteiger partial charge in [-0.05, 0) is 49.5 Å². The van der Waals surface area contributed by atoms with E-state index in [9.17, 15) is 0 Å². The van der Waals surface area contributed by atoms with E-state index in [-0.39, 0.29) is 0 Å². The van der Waals surface area contributed by atoms with Crippen LogP contribution in [0.1, 0.15) is 0 Å². The summed E-state index contributed by atoms with van der Waals surface area (Å²) < 4.78 is 5.54. The standard InChI is InChI=1S/C27H30ClN7O/c1-32-9-11-35(12-10-32)27-29-8-7-25(31-27)33-13-15-34(16-14-33)26-21-5-3-19(28)17-24(21)30-23-6-4-20(36-2)18-22(23)26/h3-8,17-18H,9-16H2,1-2H3. The van der Waals surface area contributed by atoms with Gasteiger partial charge in [0.25, 0.3) is 0 Å². The minimum Gasteiger partial charge on any atom is -0.497 e. The SMILES string of the molecule is COc1ccc2nc3cc(Cl)ccc3c(N3CCN(c4ccnc(N5CCN(C)CC5)n4)CC3)c2c1. The van der Waals surface area contributed by atoms with Gasteiger partial charge in [0, 0.05) is 74.3 Å². The van der Waals surface area contributed by atoms with Crippen molar-refractivity contribution in [3.8, 4) is 5.75 Å². The zero-order valence-electron chi connectivity index (χ0n) is 20.7. The molecule has 2 aliphatic rings. The van der Waals surface area contributed by atoms with Crippen LogP contribution in [0.2, 0.25) is 5.02 Å². The van der Waals surface area contributed by atoms with E-state index in [1.165, 1.54) is 5.69 Å². The van der Waals surface area contributed by atoms with Crippen LogP contribution in [0.4, 0.5) is 17.5 Å². The molecule has 0 N–H and O–H groups in total. The molecule has 6 rings (SSSR count). The number of piperazine rings is 2. The van der Waals surface area contributed by atoms with Crippen LogP contribution in [0.15, 0.2) is 48.7 Å². The zero-order valence-corrected chi connectivity index (χ0v) is 21.4. The molecule has 0 amide bonds. The van der Waals surface area contributed by atoms with Gasteiger partial charge in [-0.25, -0.2) is 9.97 Å². The van der Waals surface area contributed by atoms with E-state index in [1.807, 2.05) is 36.5 Å². The van der Waals surface area contributed by atoms with Gasteiger partial charge >= 0.3 is 0 Å². The first-order valence-corrected chi connectivity index (χ1v) is 12.8. The van der Waals surface area contributed by atoms with Crippen LogP contribution in [0.5, 0.6) is 5.75 Å². The Labute approximate surface area is 216 Å². The second-order valence-corrected chi connectivity index (χ2v) is 9.92. The van der Waals surface area contributed by atoms with E-state index in [2.05, 4.69) is 43.8 Å². The third-order valence-corrected chi connectivity index (χ3v) is 7.48. The number of hydrogen-bond donors (Lipinski definition) is 0. The molecule has 4 aromatic rings. The highest BCUT2D eigenvalue weighted by Crippen LogP contribution is 2.37. The number of anilines is 3. The molecule has 2 aliphatic heterocycles. The predicted octanol–water partition coefficient (Wildman–Crippen LogP) is 3.92. The van der Waals surface area contributed by atoms with Crippen molar-refractivity contribution in [2.45, 2.75) is 0 Å². The average molecular weight is 504 g/mol. The van der Waals surface area contributed by atoms with Crippen LogP contribution >= 0.6 is 11.6 Å². The Morgan fingerprint density at radius 2 is 1.50 bits per heavy atom. The maximum Gasteiger partial charge on any atom is 0.227 e. The molecule has 0 radical (unpaired) electrons. The number of methoxy groups -OCH3 is 1. The van der Waals surface area contributed by atoms with E-state index in [0.717, 1.165) is 91.7 Å². The van der Waals surface area contributed by atoms with Crippen molar-refractivity contribution >= 4 is 50.9 Å². The number of aromatic nitrogens is 3. The van der Waals surface area contributed by atoms with Crippen LogP contribution in [-0.2, 0) is 0 Å². The Balaban J connectivity index is 1.28. The number of pyridine rings is 1. The van der Waals surface area contributed by atoms with Crippen molar-refractivity contribution in [3.05, 3.63) is 53.7 Å². The third-order valence-electron chi connectivity index (χ3n) is 7.25. The normalized spacial score (nSPS) is 17.2. The van der Waals surface area contributed by atoms with Crippen LogP contribution < -0.4 is 19.4 Å². The second kappa shape index (κ2) is 9.59. The Morgan fingerprint density at radius 3 is 2.28 bits per heavy atom. The topological polar surface area (TPSA) is 60.9 Å². The van der Waals surface area contributed by atoms with Gasteiger partial charge in [0.05, 0.1) is 23.8 Å². The first-order chi connectivity index (χ1) is 17.6. The van der Waals surface area contributed by atoms with Crippen LogP contribution in [0, 0.1) is 0 Å². The van der Waals surface area contributed by atoms with Gasteiger partial charge in [0.15, 0.2) is 0 Å². The number of benzene rings is 2. The van der Waals surface area contributed by atoms with Gasteiger partial charge < -0.3 is 24.3 Å². The number of likely N-dealkylation sites (N-methyl/N-ethyl adjacent to an activating group) is 1. The van der Waals surface area contributed by atoms with Gasteiger partial charge in [-0.15, -0.1) is 0 Å². The molecule has 9 heteroatoms. The molecule has 36 heavy (non-hydrogen) atoms. The molecule has 0 spiro atoms. The fourth-order valence-electron chi connectivity index (χ4n) is 5.18. The van der Waals surface area contributed by atoms with Crippen LogP contribution in [0.25, 0.3) is 21.8 Å². The number of hydrogen-bond acceptors (Lipinski definition) is 8. The minimum absolute atomic E-state index is 0.693. The molecule has 0 aliphatic carbocycles. The molecule has 186 valence electrons. The lowest BCUT2D eigenvalue weighted by Crippen LogP contribution is -2.47. The number of fused-ring (bicyclic) bond motifs is 2. The Kier molecular flexibility index (Phi) is 6.15. The number of halogens is 1. The van der Waals surface area contributed by atoms with Gasteiger partial charge in [-0.1, -0.05) is 11.6 Å². The van der Waals surface area contributed by atoms with Crippen LogP contribution in [0.3, 0.4) is 0 Å². The molecule has 2 aromatic heterocycles. The fraction of sp³-hybridized carbons (Fsp3) is 0.370. The summed E-state index contributed by atoms with van der Waals surface area (Å²) in [6.07, 6.45) is 1.89. The van der Waals surface area contributed by atoms with Crippen molar-refractivity contribution in [1.29, 1.82) is 0 Å². The quantitative estimate of drug-likeness (QED) is 0.388. The molecular weight excluding hydrogens is 474 g/mol. The molecule has 0 atom stereocenters. The van der Waals surface area contributed by atoms with Crippen LogP contribution in [-0.4, -0.2) is 86.4 Å². The summed E-state index contributed by atoms with van der Waals surface area (Å²) in [5.41, 5.74) is 3.03. The lowest BCUT2D eigenvalue weighted by atomic mass is 10.1. The molecule has 2 fully saturated rings. The molecule has 0 saturated carbocycles. The predicted molar refractivity (Wildman–Crippen MR) is 147 cm³/mol. The van der Waals surface area contributed by atoms with Crippen molar-refractivity contribution in [2.24, 2.45) is 0 Å². The Hall–Kier alpha value is -3.36. The summed E-state index contributed by atoms with van der Waals surface area (Å²) in [5, 5.41) is 2.89. The van der Waals surface area contributed by atoms with Crippen molar-refractivity contribution in [2.75, 3.05) is 81.2 Å². The molecule has 4 heterocycles. The monoisotopic (exact) mass is 503 g/mol. The summed E-state index contributed by atoms with van der Waals surface area (Å²) in [6, 6.07) is 14.1. The minimum atomic E-state index is 0.693. The molecule has 0 unspecified atom stereocenters. The maximum atomic E-state index is 6.32. The van der Waals surface area contributed by atoms with Gasteiger partial charge in [-0.2, -0.15) is 4.98 Å². The van der Waals surface area contributed by atoms with E-state index in [0.29, 0.717) is 5.02 Å². The van der Waals surface area contributed by atoms with E-state index in [4.69, 9.17) is 26.3 Å². The average Bonchev–Trinajstić information content (AvgIpc) is 2.92. The second-order valence-electron chi connectivity index (χ2n) is 9.48. The highest BCUT2D eigenvalue weighted by Gasteiger charge is 2.24. The largest absolute Gasteiger partial charge is 0.497 e. The summed E-state index contributed by atoms with van der Waals surface area (Å²) in [6.45, 7) is 7.51. The first kappa shape index (κ1) is 23.1. The number of rotatable bonds is 4. The summed E-state index contributed by atoms with van der Waals surface area (Å²) in [4.78, 5) is 23.8. The highest BCUT2D eigenvalue weighted by atomic mass is 35.5. The molecular formula is C27H30ClN7O. The van der Waals surface area contributed by atoms with E-state index in [1.54, 1.807) is 7.11 Å². The van der Waals surface area contributed by atoms with Crippen molar-refractivity contribution < 1.29 is 4.74 Å². The summed E-state index contributed by atoms with van der Waals surface area (Å²) >= 11 is 6.32. The molecule has 8 nitrogen and oxygen atoms in total. The van der Waals surface area contributed by atoms with E-state index < -0.39 is 0 Å². The first-order valence-electron chi connectivity index (χ1n) is 12.4. The van der Waals surface area contributed by atoms with Gasteiger partial charge in [-0.3, -0.25) is 0 Å². The molecule has 2 aromatic carbocycles. The lowest BCUT2D eigenvalue weighted by Gasteiger charge is -2.38. The maximum absolute atomic E-state index is 6.32. The highest BCUT2D eigenvalue weighted by molar-refractivity contribution is 6.31. The summed E-state index contributed by atoms with van der Waals surface area (Å²) in [5.74, 6) is 2.66. The summed E-state index contributed by atoms with van der Waals surface area (Å²) in [7, 11) is 3.86. The molecule has 2 saturated heterocycles. The fourth-order valence-corrected chi connectivity index (χ4v) is 5.34. The van der Waals surface area contributed by atoms with Gasteiger partial charge in [0.2, 0.25) is 5.95 Å². The number of nitrogens with zero attached hydrogens (tertiary/aromatic N) is 7.